The van der Waals surface area contributed by atoms with Crippen molar-refractivity contribution in [3.63, 3.8) is 0 Å². The first-order valence-corrected chi connectivity index (χ1v) is 13.5. The van der Waals surface area contributed by atoms with Crippen LogP contribution in [0.5, 0.6) is 0 Å². The van der Waals surface area contributed by atoms with E-state index in [0.717, 1.165) is 16.5 Å². The number of benzene rings is 2. The van der Waals surface area contributed by atoms with Gasteiger partial charge in [0.25, 0.3) is 0 Å². The van der Waals surface area contributed by atoms with Crippen LogP contribution in [0.15, 0.2) is 60.8 Å². The number of carbonyl (C=O) groups is 6. The van der Waals surface area contributed by atoms with Crippen molar-refractivity contribution in [1.29, 1.82) is 0 Å². The van der Waals surface area contributed by atoms with Crippen LogP contribution in [-0.4, -0.2) is 69.8 Å². The van der Waals surface area contributed by atoms with Gasteiger partial charge in [-0.15, -0.1) is 0 Å². The van der Waals surface area contributed by atoms with Crippen molar-refractivity contribution < 1.29 is 33.9 Å². The fourth-order valence-electron chi connectivity index (χ4n) is 4.47. The maximum atomic E-state index is 13.2. The highest BCUT2D eigenvalue weighted by Gasteiger charge is 2.32. The summed E-state index contributed by atoms with van der Waals surface area (Å²) < 4.78 is 0. The monoisotopic (exact) mass is 593 g/mol. The maximum absolute atomic E-state index is 13.2. The summed E-state index contributed by atoms with van der Waals surface area (Å²) in [6.07, 6.45) is 0.513. The van der Waals surface area contributed by atoms with E-state index in [1.165, 1.54) is 0 Å². The number of rotatable bonds is 16. The maximum Gasteiger partial charge on any atom is 0.326 e. The molecule has 0 saturated carbocycles. The summed E-state index contributed by atoms with van der Waals surface area (Å²) in [5.41, 5.74) is 18.7. The van der Waals surface area contributed by atoms with Gasteiger partial charge in [-0.2, -0.15) is 0 Å². The molecule has 3 rings (SSSR count). The molecule has 0 radical (unpaired) electrons. The molecule has 0 aliphatic carbocycles. The summed E-state index contributed by atoms with van der Waals surface area (Å²) in [5.74, 6) is -5.65. The number of carboxylic acid groups (broad SMARTS) is 1. The molecule has 5 amide bonds. The van der Waals surface area contributed by atoms with Crippen LogP contribution in [0.25, 0.3) is 10.9 Å². The molecule has 228 valence electrons. The van der Waals surface area contributed by atoms with Gasteiger partial charge in [-0.1, -0.05) is 48.5 Å². The Morgan fingerprint density at radius 3 is 2.00 bits per heavy atom. The van der Waals surface area contributed by atoms with Crippen LogP contribution in [0, 0.1) is 0 Å². The normalized spacial score (nSPS) is 13.7. The lowest BCUT2D eigenvalue weighted by Gasteiger charge is -2.24. The van der Waals surface area contributed by atoms with Gasteiger partial charge >= 0.3 is 5.97 Å². The van der Waals surface area contributed by atoms with E-state index in [2.05, 4.69) is 20.9 Å². The van der Waals surface area contributed by atoms with E-state index in [9.17, 15) is 33.9 Å². The number of aromatic amines is 1. The lowest BCUT2D eigenvalue weighted by atomic mass is 10.0. The molecule has 2 aromatic carbocycles. The van der Waals surface area contributed by atoms with Gasteiger partial charge in [0.15, 0.2) is 0 Å². The van der Waals surface area contributed by atoms with Gasteiger partial charge in [0, 0.05) is 29.9 Å². The van der Waals surface area contributed by atoms with E-state index < -0.39 is 66.1 Å². The molecule has 0 bridgehead atoms. The van der Waals surface area contributed by atoms with Gasteiger partial charge in [0.1, 0.15) is 18.1 Å². The lowest BCUT2D eigenvalue weighted by molar-refractivity contribution is -0.142. The standard InChI is InChI=1S/C29H35N7O7/c30-19(12-16-6-2-1-3-7-16)26(39)34-21(10-11-24(31)37)27(40)35-22(14-25(32)38)28(41)36-23(29(42)43)13-17-15-33-20-9-5-4-8-18(17)20/h1-9,15,19,21-23,33H,10-14,30H2,(H2,31,37)(H2,32,38)(H,34,39)(H,35,40)(H,36,41)(H,42,43). The molecular formula is C29H35N7O7. The van der Waals surface area contributed by atoms with Crippen molar-refractivity contribution in [3.05, 3.63) is 71.9 Å². The molecule has 1 aromatic heterocycles. The molecule has 0 spiro atoms. The molecule has 0 aliphatic heterocycles. The Bertz CT molecular complexity index is 1470. The SMILES string of the molecule is NC(=O)CCC(NC(=O)C(N)Cc1ccccc1)C(=O)NC(CC(N)=O)C(=O)NC(Cc1c[nH]c2ccccc12)C(=O)O. The number of hydrogen-bond acceptors (Lipinski definition) is 7. The third-order valence-electron chi connectivity index (χ3n) is 6.70. The second-order valence-corrected chi connectivity index (χ2v) is 10.1. The first-order valence-electron chi connectivity index (χ1n) is 13.5. The second kappa shape index (κ2) is 15.1. The highest BCUT2D eigenvalue weighted by Crippen LogP contribution is 2.19. The zero-order chi connectivity index (χ0) is 31.5. The van der Waals surface area contributed by atoms with E-state index in [1.54, 1.807) is 48.7 Å². The van der Waals surface area contributed by atoms with Gasteiger partial charge in [-0.3, -0.25) is 24.0 Å². The Morgan fingerprint density at radius 1 is 0.744 bits per heavy atom. The van der Waals surface area contributed by atoms with Crippen LogP contribution < -0.4 is 33.2 Å². The predicted molar refractivity (Wildman–Crippen MR) is 156 cm³/mol. The van der Waals surface area contributed by atoms with Crippen molar-refractivity contribution >= 4 is 46.4 Å². The highest BCUT2D eigenvalue weighted by molar-refractivity contribution is 5.96. The first-order chi connectivity index (χ1) is 20.4. The average molecular weight is 594 g/mol. The van der Waals surface area contributed by atoms with Gasteiger partial charge in [0.05, 0.1) is 12.5 Å². The smallest absolute Gasteiger partial charge is 0.326 e. The molecule has 43 heavy (non-hydrogen) atoms. The summed E-state index contributed by atoms with van der Waals surface area (Å²) in [6, 6.07) is 10.7. The molecule has 0 aliphatic rings. The minimum atomic E-state index is -1.58. The molecule has 0 fully saturated rings. The molecule has 4 unspecified atom stereocenters. The molecule has 3 aromatic rings. The van der Waals surface area contributed by atoms with Crippen molar-refractivity contribution in [1.82, 2.24) is 20.9 Å². The average Bonchev–Trinajstić information content (AvgIpc) is 3.37. The number of para-hydroxylation sites is 1. The summed E-state index contributed by atoms with van der Waals surface area (Å²) >= 11 is 0. The fourth-order valence-corrected chi connectivity index (χ4v) is 4.47. The van der Waals surface area contributed by atoms with Crippen molar-refractivity contribution in [2.45, 2.75) is 56.3 Å². The predicted octanol–water partition coefficient (Wildman–Crippen LogP) is -1.04. The molecule has 14 heteroatoms. The molecule has 4 atom stereocenters. The number of aromatic nitrogens is 1. The minimum Gasteiger partial charge on any atom is -0.480 e. The third kappa shape index (κ3) is 9.67. The number of aliphatic carboxylic acids is 1. The molecule has 0 saturated heterocycles. The summed E-state index contributed by atoms with van der Waals surface area (Å²) in [5, 5.41) is 17.7. The minimum absolute atomic E-state index is 0.0983. The van der Waals surface area contributed by atoms with Gasteiger partial charge < -0.3 is 43.2 Å². The number of nitrogens with two attached hydrogens (primary N) is 3. The van der Waals surface area contributed by atoms with Gasteiger partial charge in [0.2, 0.25) is 29.5 Å². The highest BCUT2D eigenvalue weighted by atomic mass is 16.4. The van der Waals surface area contributed by atoms with Crippen molar-refractivity contribution in [2.24, 2.45) is 17.2 Å². The van der Waals surface area contributed by atoms with E-state index >= 15 is 0 Å². The number of hydrogen-bond donors (Lipinski definition) is 8. The van der Waals surface area contributed by atoms with E-state index in [4.69, 9.17) is 17.2 Å². The van der Waals surface area contributed by atoms with Crippen LogP contribution in [-0.2, 0) is 41.6 Å². The van der Waals surface area contributed by atoms with E-state index in [1.807, 2.05) is 12.1 Å². The van der Waals surface area contributed by atoms with Gasteiger partial charge in [-0.25, -0.2) is 4.79 Å². The van der Waals surface area contributed by atoms with Crippen molar-refractivity contribution in [3.8, 4) is 0 Å². The molecule has 14 nitrogen and oxygen atoms in total. The van der Waals surface area contributed by atoms with Crippen LogP contribution in [0.2, 0.25) is 0 Å². The number of carboxylic acids is 1. The zero-order valence-electron chi connectivity index (χ0n) is 23.2. The third-order valence-corrected chi connectivity index (χ3v) is 6.70. The summed E-state index contributed by atoms with van der Waals surface area (Å²) in [4.78, 5) is 77.5. The topological polar surface area (TPSA) is 253 Å². The first kappa shape index (κ1) is 32.3. The largest absolute Gasteiger partial charge is 0.480 e. The van der Waals surface area contributed by atoms with E-state index in [0.29, 0.717) is 5.56 Å². The number of H-pyrrole nitrogens is 1. The molecular weight excluding hydrogens is 558 g/mol. The number of nitrogens with one attached hydrogen (secondary N) is 4. The van der Waals surface area contributed by atoms with Gasteiger partial charge in [-0.05, 0) is 30.0 Å². The van der Waals surface area contributed by atoms with Crippen LogP contribution in [0.1, 0.15) is 30.4 Å². The Labute approximate surface area is 246 Å². The van der Waals surface area contributed by atoms with Crippen LogP contribution >= 0.6 is 0 Å². The lowest BCUT2D eigenvalue weighted by Crippen LogP contribution is -2.58. The number of carbonyl (C=O) groups excluding carboxylic acids is 5. The van der Waals surface area contributed by atoms with Crippen LogP contribution in [0.4, 0.5) is 0 Å². The Kier molecular flexibility index (Phi) is 11.3. The van der Waals surface area contributed by atoms with E-state index in [-0.39, 0.29) is 25.7 Å². The second-order valence-electron chi connectivity index (χ2n) is 10.1. The quantitative estimate of drug-likeness (QED) is 0.102. The zero-order valence-corrected chi connectivity index (χ0v) is 23.2. The Morgan fingerprint density at radius 2 is 1.35 bits per heavy atom. The molecule has 11 N–H and O–H groups in total. The van der Waals surface area contributed by atoms with Crippen molar-refractivity contribution in [2.75, 3.05) is 0 Å². The Hall–Kier alpha value is -5.24. The molecule has 1 heterocycles. The summed E-state index contributed by atoms with van der Waals surface area (Å²) in [6.45, 7) is 0. The summed E-state index contributed by atoms with van der Waals surface area (Å²) in [7, 11) is 0. The number of primary amides is 2. The number of amides is 5. The Balaban J connectivity index is 1.73. The van der Waals surface area contributed by atoms with Crippen LogP contribution in [0.3, 0.4) is 0 Å². The fraction of sp³-hybridized carbons (Fsp3) is 0.310. The number of fused-ring (bicyclic) bond motifs is 1.